The van der Waals surface area contributed by atoms with Gasteiger partial charge < -0.3 is 20.3 Å². The summed E-state index contributed by atoms with van der Waals surface area (Å²) in [5, 5.41) is 8.94. The fourth-order valence-corrected chi connectivity index (χ4v) is 7.24. The van der Waals surface area contributed by atoms with Gasteiger partial charge in [0.2, 0.25) is 5.91 Å². The van der Waals surface area contributed by atoms with E-state index in [-0.39, 0.29) is 11.9 Å². The molecule has 2 N–H and O–H groups in total. The van der Waals surface area contributed by atoms with Gasteiger partial charge in [0, 0.05) is 74.9 Å². The molecule has 1 aliphatic carbocycles. The van der Waals surface area contributed by atoms with Gasteiger partial charge in [-0.3, -0.25) is 19.4 Å². The molecule has 4 aliphatic rings. The molecule has 47 heavy (non-hydrogen) atoms. The Morgan fingerprint density at radius 2 is 1.64 bits per heavy atom. The van der Waals surface area contributed by atoms with Crippen LogP contribution in [0.3, 0.4) is 0 Å². The Balaban J connectivity index is 1.08. The summed E-state index contributed by atoms with van der Waals surface area (Å²) in [6.45, 7) is 10.8. The molecule has 0 bridgehead atoms. The SMILES string of the molecule is C=CC(=O)Nc1cc(Nc2cc(N3OCCC3c3ccc(Cl)cc3)ncn2)c(OC)cc1N1CCC(N2CCN(C3CC3)CC2)CC1. The number of piperazine rings is 1. The third kappa shape index (κ3) is 7.18. The number of benzene rings is 2. The maximum atomic E-state index is 12.6. The first-order valence-electron chi connectivity index (χ1n) is 16.6. The van der Waals surface area contributed by atoms with Crippen molar-refractivity contribution >= 4 is 46.2 Å². The minimum atomic E-state index is -0.269. The van der Waals surface area contributed by atoms with E-state index in [2.05, 4.69) is 41.9 Å². The number of anilines is 5. The first-order valence-corrected chi connectivity index (χ1v) is 17.0. The first-order chi connectivity index (χ1) is 23.0. The van der Waals surface area contributed by atoms with Crippen LogP contribution in [-0.2, 0) is 9.63 Å². The molecule has 12 heteroatoms. The molecular weight excluding hydrogens is 616 g/mol. The van der Waals surface area contributed by atoms with Crippen LogP contribution in [-0.4, -0.2) is 90.7 Å². The minimum Gasteiger partial charge on any atom is -0.494 e. The number of ether oxygens (including phenoxy) is 1. The van der Waals surface area contributed by atoms with Gasteiger partial charge in [-0.15, -0.1) is 0 Å². The van der Waals surface area contributed by atoms with Gasteiger partial charge in [0.1, 0.15) is 17.9 Å². The number of nitrogens with one attached hydrogen (secondary N) is 2. The number of methoxy groups -OCH3 is 1. The van der Waals surface area contributed by atoms with Crippen LogP contribution in [0.2, 0.25) is 5.02 Å². The van der Waals surface area contributed by atoms with Crippen molar-refractivity contribution in [2.45, 2.75) is 50.2 Å². The summed E-state index contributed by atoms with van der Waals surface area (Å²) >= 11 is 6.13. The van der Waals surface area contributed by atoms with E-state index in [1.54, 1.807) is 7.11 Å². The molecule has 1 aromatic heterocycles. The predicted molar refractivity (Wildman–Crippen MR) is 186 cm³/mol. The third-order valence-corrected chi connectivity index (χ3v) is 10.0. The summed E-state index contributed by atoms with van der Waals surface area (Å²) in [5.41, 5.74) is 3.38. The first kappa shape index (κ1) is 31.7. The summed E-state index contributed by atoms with van der Waals surface area (Å²) in [5.74, 6) is 1.57. The van der Waals surface area contributed by atoms with Gasteiger partial charge in [0.05, 0.1) is 36.8 Å². The summed E-state index contributed by atoms with van der Waals surface area (Å²) in [7, 11) is 1.65. The number of amides is 1. The number of nitrogens with zero attached hydrogens (tertiary/aromatic N) is 6. The van der Waals surface area contributed by atoms with Gasteiger partial charge in [-0.2, -0.15) is 0 Å². The lowest BCUT2D eigenvalue weighted by molar-refractivity contribution is -0.111. The van der Waals surface area contributed by atoms with Crippen LogP contribution in [0.4, 0.5) is 28.7 Å². The fourth-order valence-electron chi connectivity index (χ4n) is 7.12. The van der Waals surface area contributed by atoms with Crippen molar-refractivity contribution < 1.29 is 14.4 Å². The van der Waals surface area contributed by atoms with Gasteiger partial charge >= 0.3 is 0 Å². The highest BCUT2D eigenvalue weighted by Gasteiger charge is 2.34. The van der Waals surface area contributed by atoms with Crippen LogP contribution >= 0.6 is 11.6 Å². The molecule has 11 nitrogen and oxygen atoms in total. The number of carbonyl (C=O) groups is 1. The quantitative estimate of drug-likeness (QED) is 0.267. The van der Waals surface area contributed by atoms with Crippen LogP contribution in [0.25, 0.3) is 0 Å². The number of hydrogen-bond acceptors (Lipinski definition) is 10. The van der Waals surface area contributed by atoms with E-state index < -0.39 is 0 Å². The zero-order valence-electron chi connectivity index (χ0n) is 26.9. The lowest BCUT2D eigenvalue weighted by Crippen LogP contribution is -2.53. The molecule has 7 rings (SSSR count). The van der Waals surface area contributed by atoms with E-state index in [4.69, 9.17) is 21.2 Å². The van der Waals surface area contributed by atoms with Crippen LogP contribution in [0.1, 0.15) is 43.7 Å². The smallest absolute Gasteiger partial charge is 0.247 e. The van der Waals surface area contributed by atoms with Crippen LogP contribution in [0.15, 0.2) is 61.4 Å². The van der Waals surface area contributed by atoms with Crippen molar-refractivity contribution in [3.05, 3.63) is 72.0 Å². The normalized spacial score (nSPS) is 21.1. The van der Waals surface area contributed by atoms with Gasteiger partial charge in [0.15, 0.2) is 5.82 Å². The summed E-state index contributed by atoms with van der Waals surface area (Å²) < 4.78 is 5.88. The third-order valence-electron chi connectivity index (χ3n) is 9.80. The molecule has 0 spiro atoms. The van der Waals surface area contributed by atoms with Crippen molar-refractivity contribution in [3.63, 3.8) is 0 Å². The molecule has 3 aliphatic heterocycles. The minimum absolute atomic E-state index is 0.000965. The summed E-state index contributed by atoms with van der Waals surface area (Å²) in [6, 6.07) is 15.0. The van der Waals surface area contributed by atoms with Gasteiger partial charge in [-0.1, -0.05) is 30.3 Å². The number of aromatic nitrogens is 2. The zero-order valence-corrected chi connectivity index (χ0v) is 27.7. The Morgan fingerprint density at radius 1 is 0.936 bits per heavy atom. The van der Waals surface area contributed by atoms with Gasteiger partial charge in [-0.25, -0.2) is 15.0 Å². The molecule has 248 valence electrons. The Labute approximate surface area is 281 Å². The maximum absolute atomic E-state index is 12.6. The monoisotopic (exact) mass is 658 g/mol. The molecule has 1 unspecified atom stereocenters. The Hall–Kier alpha value is -3.90. The van der Waals surface area contributed by atoms with E-state index >= 15 is 0 Å². The average molecular weight is 659 g/mol. The summed E-state index contributed by atoms with van der Waals surface area (Å²) in [6.07, 6.45) is 8.54. The number of halogens is 1. The maximum Gasteiger partial charge on any atom is 0.247 e. The number of carbonyl (C=O) groups excluding carboxylic acids is 1. The number of rotatable bonds is 10. The van der Waals surface area contributed by atoms with Crippen LogP contribution in [0, 0.1) is 0 Å². The molecule has 1 atom stereocenters. The molecule has 4 fully saturated rings. The second-order valence-electron chi connectivity index (χ2n) is 12.7. The molecule has 1 saturated carbocycles. The van der Waals surface area contributed by atoms with Crippen LogP contribution in [0.5, 0.6) is 5.75 Å². The highest BCUT2D eigenvalue weighted by Crippen LogP contribution is 2.41. The van der Waals surface area contributed by atoms with Gasteiger partial charge in [0.25, 0.3) is 0 Å². The highest BCUT2D eigenvalue weighted by atomic mass is 35.5. The fraction of sp³-hybridized carbons (Fsp3) is 0.457. The predicted octanol–water partition coefficient (Wildman–Crippen LogP) is 5.64. The molecule has 2 aromatic carbocycles. The van der Waals surface area contributed by atoms with E-state index in [0.29, 0.717) is 46.4 Å². The highest BCUT2D eigenvalue weighted by molar-refractivity contribution is 6.30. The number of piperidine rings is 1. The lowest BCUT2D eigenvalue weighted by Gasteiger charge is -2.43. The van der Waals surface area contributed by atoms with Crippen molar-refractivity contribution in [3.8, 4) is 5.75 Å². The van der Waals surface area contributed by atoms with Crippen molar-refractivity contribution in [1.29, 1.82) is 0 Å². The van der Waals surface area contributed by atoms with E-state index in [9.17, 15) is 4.79 Å². The lowest BCUT2D eigenvalue weighted by atomic mass is 10.0. The Morgan fingerprint density at radius 3 is 2.30 bits per heavy atom. The molecular formula is C35H43ClN8O3. The average Bonchev–Trinajstić information content (AvgIpc) is 3.85. The second kappa shape index (κ2) is 14.1. The Bertz CT molecular complexity index is 1570. The molecule has 0 radical (unpaired) electrons. The van der Waals surface area contributed by atoms with Gasteiger partial charge in [-0.05, 0) is 55.5 Å². The summed E-state index contributed by atoms with van der Waals surface area (Å²) in [4.78, 5) is 35.3. The largest absolute Gasteiger partial charge is 0.494 e. The molecule has 1 amide bonds. The topological polar surface area (TPSA) is 98.3 Å². The number of hydrogen-bond donors (Lipinski definition) is 2. The van der Waals surface area contributed by atoms with E-state index in [1.165, 1.54) is 38.3 Å². The Kier molecular flexibility index (Phi) is 9.48. The zero-order chi connectivity index (χ0) is 32.3. The van der Waals surface area contributed by atoms with E-state index in [1.807, 2.05) is 47.5 Å². The van der Waals surface area contributed by atoms with Crippen molar-refractivity contribution in [2.75, 3.05) is 73.6 Å². The number of hydroxylamine groups is 1. The van der Waals surface area contributed by atoms with Crippen LogP contribution < -0.4 is 25.3 Å². The molecule has 3 aromatic rings. The van der Waals surface area contributed by atoms with Crippen molar-refractivity contribution in [2.24, 2.45) is 0 Å². The standard InChI is InChI=1S/C35H43ClN8O3/c1-3-35(45)40-28-20-29(39-33-22-34(38-23-37-33)44-30(12-19-47-44)24-4-6-25(36)7-5-24)32(46-2)21-31(28)43-13-10-27(11-14-43)42-17-15-41(16-18-42)26-8-9-26/h3-7,20-23,26-27,30H,1,8-19H2,2H3,(H,40,45)(H,37,38,39). The van der Waals surface area contributed by atoms with Crippen molar-refractivity contribution in [1.82, 2.24) is 19.8 Å². The molecule has 4 heterocycles. The molecule has 3 saturated heterocycles. The second-order valence-corrected chi connectivity index (χ2v) is 13.1. The van der Waals surface area contributed by atoms with E-state index in [0.717, 1.165) is 62.7 Å².